The van der Waals surface area contributed by atoms with Gasteiger partial charge in [0, 0.05) is 43.5 Å². The van der Waals surface area contributed by atoms with Gasteiger partial charge in [-0.2, -0.15) is 0 Å². The van der Waals surface area contributed by atoms with Crippen LogP contribution in [0, 0.1) is 11.6 Å². The smallest absolute Gasteiger partial charge is 0.313 e. The number of fused-ring (bicyclic) bond motifs is 1. The lowest BCUT2D eigenvalue weighted by molar-refractivity contribution is -0.143. The molecule has 2 aliphatic rings. The highest BCUT2D eigenvalue weighted by atomic mass is 35.5. The van der Waals surface area contributed by atoms with Crippen molar-refractivity contribution in [3.8, 4) is 0 Å². The van der Waals surface area contributed by atoms with E-state index < -0.39 is 28.5 Å². The number of amides is 2. The topological polar surface area (TPSA) is 69.7 Å². The van der Waals surface area contributed by atoms with Crippen LogP contribution in [0.15, 0.2) is 36.4 Å². The molecule has 1 heterocycles. The van der Waals surface area contributed by atoms with Gasteiger partial charge in [-0.05, 0) is 48.4 Å². The lowest BCUT2D eigenvalue weighted by atomic mass is 9.96. The molecular formula is C23H20ClF2N3O3. The Labute approximate surface area is 188 Å². The van der Waals surface area contributed by atoms with Gasteiger partial charge >= 0.3 is 11.8 Å². The number of piperazine rings is 1. The number of carbonyl (C=O) groups excluding carboxylic acids is 3. The molecule has 0 radical (unpaired) electrons. The predicted molar refractivity (Wildman–Crippen MR) is 118 cm³/mol. The molecule has 1 fully saturated rings. The van der Waals surface area contributed by atoms with Gasteiger partial charge in [0.15, 0.2) is 5.78 Å². The molecule has 1 aliphatic heterocycles. The summed E-state index contributed by atoms with van der Waals surface area (Å²) < 4.78 is 27.7. The van der Waals surface area contributed by atoms with E-state index in [-0.39, 0.29) is 24.9 Å². The lowest BCUT2D eigenvalue weighted by Crippen LogP contribution is -2.55. The predicted octanol–water partition coefficient (Wildman–Crippen LogP) is 3.43. The number of carbonyl (C=O) groups is 3. The van der Waals surface area contributed by atoms with Crippen LogP contribution in [0.5, 0.6) is 0 Å². The maximum Gasteiger partial charge on any atom is 0.313 e. The number of halogens is 3. The zero-order valence-electron chi connectivity index (χ0n) is 17.2. The molecule has 0 unspecified atom stereocenters. The summed E-state index contributed by atoms with van der Waals surface area (Å²) in [4.78, 5) is 39.9. The van der Waals surface area contributed by atoms with Crippen molar-refractivity contribution in [3.63, 3.8) is 0 Å². The molecule has 1 saturated heterocycles. The summed E-state index contributed by atoms with van der Waals surface area (Å²) >= 11 is 5.55. The van der Waals surface area contributed by atoms with Crippen molar-refractivity contribution in [1.29, 1.82) is 0 Å². The standard InChI is InChI=1S/C23H20ClF2N3O3/c1-13-12-28(6-7-29(13)17-10-19(25)21(24)20(26)11-17)23(32)22(31)27-16-4-2-15-9-18(30)5-3-14(15)8-16/h2-5,8,10-11,13H,6-7,9,12H2,1H3,(H,27,31)/t13-/m1/s1. The summed E-state index contributed by atoms with van der Waals surface area (Å²) in [5, 5.41) is 2.04. The molecule has 2 amide bonds. The highest BCUT2D eigenvalue weighted by Crippen LogP contribution is 2.28. The van der Waals surface area contributed by atoms with E-state index in [4.69, 9.17) is 11.6 Å². The third-order valence-electron chi connectivity index (χ3n) is 5.63. The molecule has 2 aromatic rings. The number of rotatable bonds is 2. The van der Waals surface area contributed by atoms with E-state index in [9.17, 15) is 23.2 Å². The first kappa shape index (κ1) is 22.0. The Morgan fingerprint density at radius 2 is 1.81 bits per heavy atom. The van der Waals surface area contributed by atoms with Crippen molar-refractivity contribution < 1.29 is 23.2 Å². The summed E-state index contributed by atoms with van der Waals surface area (Å²) in [5.41, 5.74) is 2.47. The zero-order chi connectivity index (χ0) is 23.0. The molecule has 1 aliphatic carbocycles. The Hall–Kier alpha value is -3.26. The second-order valence-electron chi connectivity index (χ2n) is 7.86. The van der Waals surface area contributed by atoms with Crippen LogP contribution in [0.25, 0.3) is 6.08 Å². The first-order chi connectivity index (χ1) is 15.2. The quantitative estimate of drug-likeness (QED) is 0.552. The van der Waals surface area contributed by atoms with Crippen molar-refractivity contribution in [2.24, 2.45) is 0 Å². The maximum absolute atomic E-state index is 13.8. The molecule has 6 nitrogen and oxygen atoms in total. The molecule has 0 saturated carbocycles. The zero-order valence-corrected chi connectivity index (χ0v) is 18.0. The van der Waals surface area contributed by atoms with E-state index >= 15 is 0 Å². The van der Waals surface area contributed by atoms with Gasteiger partial charge in [-0.25, -0.2) is 8.78 Å². The molecule has 0 aromatic heterocycles. The van der Waals surface area contributed by atoms with Crippen molar-refractivity contribution in [1.82, 2.24) is 4.90 Å². The van der Waals surface area contributed by atoms with Crippen LogP contribution in [-0.4, -0.2) is 48.2 Å². The molecule has 2 aromatic carbocycles. The van der Waals surface area contributed by atoms with E-state index in [0.717, 1.165) is 23.3 Å². The monoisotopic (exact) mass is 459 g/mol. The van der Waals surface area contributed by atoms with Gasteiger partial charge in [-0.1, -0.05) is 23.7 Å². The number of ketones is 1. The number of hydrogen-bond donors (Lipinski definition) is 1. The van der Waals surface area contributed by atoms with Crippen LogP contribution >= 0.6 is 11.6 Å². The Balaban J connectivity index is 1.40. The Morgan fingerprint density at radius 1 is 1.09 bits per heavy atom. The highest BCUT2D eigenvalue weighted by molar-refractivity contribution is 6.39. The van der Waals surface area contributed by atoms with Crippen molar-refractivity contribution >= 4 is 46.6 Å². The SMILES string of the molecule is C[C@@H]1CN(C(=O)C(=O)Nc2ccc3c(c2)C=CC(=O)C3)CCN1c1cc(F)c(Cl)c(F)c1. The van der Waals surface area contributed by atoms with E-state index in [1.165, 1.54) is 11.0 Å². The highest BCUT2D eigenvalue weighted by Gasteiger charge is 2.31. The van der Waals surface area contributed by atoms with Gasteiger partial charge in [0.25, 0.3) is 0 Å². The summed E-state index contributed by atoms with van der Waals surface area (Å²) in [6.07, 6.45) is 3.48. The maximum atomic E-state index is 13.8. The third kappa shape index (κ3) is 4.36. The average molecular weight is 460 g/mol. The Kier molecular flexibility index (Phi) is 5.97. The number of anilines is 2. The van der Waals surface area contributed by atoms with Gasteiger partial charge in [0.05, 0.1) is 0 Å². The van der Waals surface area contributed by atoms with E-state index in [1.807, 2.05) is 0 Å². The van der Waals surface area contributed by atoms with Gasteiger partial charge in [0.1, 0.15) is 16.7 Å². The fourth-order valence-corrected chi connectivity index (χ4v) is 4.09. The molecule has 9 heteroatoms. The van der Waals surface area contributed by atoms with Gasteiger partial charge < -0.3 is 15.1 Å². The molecule has 32 heavy (non-hydrogen) atoms. The van der Waals surface area contributed by atoms with E-state index in [0.29, 0.717) is 24.3 Å². The fraction of sp³-hybridized carbons (Fsp3) is 0.261. The second-order valence-corrected chi connectivity index (χ2v) is 8.24. The fourth-order valence-electron chi connectivity index (χ4n) is 3.98. The summed E-state index contributed by atoms with van der Waals surface area (Å²) in [5.74, 6) is -3.15. The number of hydrogen-bond acceptors (Lipinski definition) is 4. The second kappa shape index (κ2) is 8.70. The van der Waals surface area contributed by atoms with Crippen molar-refractivity contribution in [3.05, 3.63) is 64.2 Å². The average Bonchev–Trinajstić information content (AvgIpc) is 2.76. The molecule has 1 atom stereocenters. The van der Waals surface area contributed by atoms with Crippen LogP contribution in [0.3, 0.4) is 0 Å². The first-order valence-corrected chi connectivity index (χ1v) is 10.5. The first-order valence-electron chi connectivity index (χ1n) is 10.1. The molecule has 4 rings (SSSR count). The van der Waals surface area contributed by atoms with Crippen LogP contribution in [0.2, 0.25) is 5.02 Å². The third-order valence-corrected chi connectivity index (χ3v) is 5.99. The van der Waals surface area contributed by atoms with Gasteiger partial charge in [0.2, 0.25) is 0 Å². The largest absolute Gasteiger partial charge is 0.365 e. The summed E-state index contributed by atoms with van der Waals surface area (Å²) in [6.45, 7) is 2.54. The van der Waals surface area contributed by atoms with E-state index in [2.05, 4.69) is 5.32 Å². The van der Waals surface area contributed by atoms with Crippen molar-refractivity contribution in [2.75, 3.05) is 29.9 Å². The molecule has 0 spiro atoms. The minimum absolute atomic E-state index is 0.0156. The number of benzene rings is 2. The number of allylic oxidation sites excluding steroid dienone is 1. The Morgan fingerprint density at radius 3 is 2.50 bits per heavy atom. The van der Waals surface area contributed by atoms with Crippen LogP contribution < -0.4 is 10.2 Å². The number of nitrogens with zero attached hydrogens (tertiary/aromatic N) is 2. The summed E-state index contributed by atoms with van der Waals surface area (Å²) in [7, 11) is 0. The van der Waals surface area contributed by atoms with E-state index in [1.54, 1.807) is 36.1 Å². The summed E-state index contributed by atoms with van der Waals surface area (Å²) in [6, 6.07) is 7.16. The molecule has 166 valence electrons. The van der Waals surface area contributed by atoms with Crippen LogP contribution in [0.4, 0.5) is 20.2 Å². The Bertz CT molecular complexity index is 1130. The van der Waals surface area contributed by atoms with Crippen molar-refractivity contribution in [2.45, 2.75) is 19.4 Å². The minimum Gasteiger partial charge on any atom is -0.365 e. The van der Waals surface area contributed by atoms with Gasteiger partial charge in [-0.15, -0.1) is 0 Å². The van der Waals surface area contributed by atoms with Crippen LogP contribution in [0.1, 0.15) is 18.1 Å². The minimum atomic E-state index is -0.851. The number of nitrogens with one attached hydrogen (secondary N) is 1. The molecule has 1 N–H and O–H groups in total. The molecule has 0 bridgehead atoms. The van der Waals surface area contributed by atoms with Gasteiger partial charge in [-0.3, -0.25) is 14.4 Å². The lowest BCUT2D eigenvalue weighted by Gasteiger charge is -2.41. The van der Waals surface area contributed by atoms with Crippen LogP contribution in [-0.2, 0) is 20.8 Å². The normalized spacial score (nSPS) is 17.9. The molecular weight excluding hydrogens is 440 g/mol.